The lowest BCUT2D eigenvalue weighted by molar-refractivity contribution is -0.123. The number of carbonyl (C=O) groups excluding carboxylic acids is 2. The standard InChI is InChI=1S/C18H21N3O5S/c1-13-5-4-6-15(11-13)26-12-17(22)19-20-18(23)14-7-9-16(10-8-14)27(24,25)21(2)3/h4-11H,12H2,1-3H3,(H,19,22)(H,20,23). The molecule has 144 valence electrons. The molecule has 2 aromatic rings. The van der Waals surface area contributed by atoms with E-state index >= 15 is 0 Å². The highest BCUT2D eigenvalue weighted by atomic mass is 32.2. The molecule has 0 aromatic heterocycles. The van der Waals surface area contributed by atoms with Crippen LogP contribution in [0.3, 0.4) is 0 Å². The first-order valence-electron chi connectivity index (χ1n) is 8.01. The Kier molecular flexibility index (Phi) is 6.54. The Morgan fingerprint density at radius 2 is 1.70 bits per heavy atom. The van der Waals surface area contributed by atoms with Crippen molar-refractivity contribution in [1.82, 2.24) is 15.2 Å². The summed E-state index contributed by atoms with van der Waals surface area (Å²) in [5, 5.41) is 0. The first kappa shape index (κ1) is 20.4. The second-order valence-corrected chi connectivity index (χ2v) is 8.07. The lowest BCUT2D eigenvalue weighted by Gasteiger charge is -2.12. The minimum atomic E-state index is -3.57. The van der Waals surface area contributed by atoms with Gasteiger partial charge in [0.05, 0.1) is 4.90 Å². The van der Waals surface area contributed by atoms with Crippen LogP contribution in [-0.4, -0.2) is 45.2 Å². The van der Waals surface area contributed by atoms with Crippen LogP contribution in [0.4, 0.5) is 0 Å². The number of hydrazine groups is 1. The van der Waals surface area contributed by atoms with Crippen molar-refractivity contribution >= 4 is 21.8 Å². The minimum Gasteiger partial charge on any atom is -0.484 e. The van der Waals surface area contributed by atoms with Crippen LogP contribution in [-0.2, 0) is 14.8 Å². The van der Waals surface area contributed by atoms with Gasteiger partial charge in [-0.3, -0.25) is 20.4 Å². The molecule has 0 aliphatic rings. The average Bonchev–Trinajstić information content (AvgIpc) is 2.64. The summed E-state index contributed by atoms with van der Waals surface area (Å²) < 4.78 is 30.4. The molecule has 0 unspecified atom stereocenters. The van der Waals surface area contributed by atoms with Crippen LogP contribution < -0.4 is 15.6 Å². The molecule has 0 saturated heterocycles. The van der Waals surface area contributed by atoms with Crippen molar-refractivity contribution in [2.45, 2.75) is 11.8 Å². The van der Waals surface area contributed by atoms with Crippen molar-refractivity contribution in [3.05, 3.63) is 59.7 Å². The Bertz CT molecular complexity index is 924. The highest BCUT2D eigenvalue weighted by Gasteiger charge is 2.17. The van der Waals surface area contributed by atoms with E-state index < -0.39 is 21.8 Å². The monoisotopic (exact) mass is 391 g/mol. The van der Waals surface area contributed by atoms with Crippen molar-refractivity contribution < 1.29 is 22.7 Å². The van der Waals surface area contributed by atoms with E-state index in [-0.39, 0.29) is 17.1 Å². The summed E-state index contributed by atoms with van der Waals surface area (Å²) in [5.41, 5.74) is 5.69. The van der Waals surface area contributed by atoms with Gasteiger partial charge in [-0.2, -0.15) is 0 Å². The topological polar surface area (TPSA) is 105 Å². The van der Waals surface area contributed by atoms with Crippen LogP contribution in [0.25, 0.3) is 0 Å². The molecule has 2 rings (SSSR count). The summed E-state index contributed by atoms with van der Waals surface area (Å²) in [7, 11) is -0.725. The molecule has 0 aliphatic carbocycles. The molecule has 2 aromatic carbocycles. The Morgan fingerprint density at radius 1 is 1.04 bits per heavy atom. The Balaban J connectivity index is 1.87. The zero-order valence-corrected chi connectivity index (χ0v) is 16.0. The predicted molar refractivity (Wildman–Crippen MR) is 99.6 cm³/mol. The van der Waals surface area contributed by atoms with Gasteiger partial charge in [-0.15, -0.1) is 0 Å². The normalized spacial score (nSPS) is 11.1. The summed E-state index contributed by atoms with van der Waals surface area (Å²) in [5.74, 6) is -0.557. The van der Waals surface area contributed by atoms with Gasteiger partial charge in [-0.25, -0.2) is 12.7 Å². The molecule has 0 heterocycles. The summed E-state index contributed by atoms with van der Waals surface area (Å²) >= 11 is 0. The van der Waals surface area contributed by atoms with Crippen LogP contribution in [0.15, 0.2) is 53.4 Å². The number of carbonyl (C=O) groups is 2. The molecule has 0 saturated carbocycles. The van der Waals surface area contributed by atoms with Crippen molar-refractivity contribution in [1.29, 1.82) is 0 Å². The van der Waals surface area contributed by atoms with Gasteiger partial charge in [-0.1, -0.05) is 12.1 Å². The minimum absolute atomic E-state index is 0.0691. The Morgan fingerprint density at radius 3 is 2.30 bits per heavy atom. The van der Waals surface area contributed by atoms with E-state index in [9.17, 15) is 18.0 Å². The number of benzene rings is 2. The molecular weight excluding hydrogens is 370 g/mol. The highest BCUT2D eigenvalue weighted by molar-refractivity contribution is 7.89. The predicted octanol–water partition coefficient (Wildman–Crippen LogP) is 1.09. The number of hydrogen-bond acceptors (Lipinski definition) is 5. The molecule has 0 spiro atoms. The second kappa shape index (κ2) is 8.65. The third-order valence-electron chi connectivity index (χ3n) is 3.57. The molecule has 8 nitrogen and oxygen atoms in total. The Hall–Kier alpha value is -2.91. The molecule has 0 bridgehead atoms. The summed E-state index contributed by atoms with van der Waals surface area (Å²) in [6.45, 7) is 1.64. The van der Waals surface area contributed by atoms with Crippen molar-refractivity contribution in [2.75, 3.05) is 20.7 Å². The van der Waals surface area contributed by atoms with Crippen LogP contribution in [0.1, 0.15) is 15.9 Å². The van der Waals surface area contributed by atoms with E-state index in [1.807, 2.05) is 19.1 Å². The summed E-state index contributed by atoms with van der Waals surface area (Å²) in [6, 6.07) is 12.6. The number of ether oxygens (including phenoxy) is 1. The highest BCUT2D eigenvalue weighted by Crippen LogP contribution is 2.14. The third kappa shape index (κ3) is 5.53. The summed E-state index contributed by atoms with van der Waals surface area (Å²) in [6.07, 6.45) is 0. The zero-order chi connectivity index (χ0) is 20.0. The fraction of sp³-hybridized carbons (Fsp3) is 0.222. The van der Waals surface area contributed by atoms with Crippen LogP contribution in [0.2, 0.25) is 0 Å². The second-order valence-electron chi connectivity index (χ2n) is 5.92. The van der Waals surface area contributed by atoms with Gasteiger partial charge in [0.25, 0.3) is 11.8 Å². The largest absolute Gasteiger partial charge is 0.484 e. The molecule has 0 atom stereocenters. The molecule has 0 fully saturated rings. The van der Waals surface area contributed by atoms with Crippen LogP contribution in [0.5, 0.6) is 5.75 Å². The quantitative estimate of drug-likeness (QED) is 0.717. The first-order chi connectivity index (χ1) is 12.7. The van der Waals surface area contributed by atoms with E-state index in [1.54, 1.807) is 12.1 Å². The third-order valence-corrected chi connectivity index (χ3v) is 5.40. The van der Waals surface area contributed by atoms with Gasteiger partial charge < -0.3 is 4.74 Å². The van der Waals surface area contributed by atoms with E-state index in [1.165, 1.54) is 38.4 Å². The fourth-order valence-electron chi connectivity index (χ4n) is 2.08. The van der Waals surface area contributed by atoms with E-state index in [0.29, 0.717) is 5.75 Å². The summed E-state index contributed by atoms with van der Waals surface area (Å²) in [4.78, 5) is 23.9. The maximum Gasteiger partial charge on any atom is 0.276 e. The first-order valence-corrected chi connectivity index (χ1v) is 9.45. The smallest absolute Gasteiger partial charge is 0.276 e. The Labute approximate surface area is 158 Å². The molecule has 0 aliphatic heterocycles. The van der Waals surface area contributed by atoms with Crippen LogP contribution in [0, 0.1) is 6.92 Å². The molecule has 27 heavy (non-hydrogen) atoms. The molecule has 0 radical (unpaired) electrons. The van der Waals surface area contributed by atoms with Gasteiger partial charge in [-0.05, 0) is 48.9 Å². The number of amides is 2. The lowest BCUT2D eigenvalue weighted by atomic mass is 10.2. The average molecular weight is 391 g/mol. The van der Waals surface area contributed by atoms with Gasteiger partial charge in [0.15, 0.2) is 6.61 Å². The fourth-order valence-corrected chi connectivity index (χ4v) is 2.98. The van der Waals surface area contributed by atoms with Gasteiger partial charge in [0.2, 0.25) is 10.0 Å². The maximum absolute atomic E-state index is 12.0. The van der Waals surface area contributed by atoms with Crippen LogP contribution >= 0.6 is 0 Å². The zero-order valence-electron chi connectivity index (χ0n) is 15.2. The van der Waals surface area contributed by atoms with E-state index in [2.05, 4.69) is 10.9 Å². The van der Waals surface area contributed by atoms with Crippen molar-refractivity contribution in [3.63, 3.8) is 0 Å². The number of nitrogens with one attached hydrogen (secondary N) is 2. The maximum atomic E-state index is 12.0. The van der Waals surface area contributed by atoms with Gasteiger partial charge >= 0.3 is 0 Å². The van der Waals surface area contributed by atoms with E-state index in [0.717, 1.165) is 9.87 Å². The molecule has 2 amide bonds. The van der Waals surface area contributed by atoms with Crippen molar-refractivity contribution in [2.24, 2.45) is 0 Å². The van der Waals surface area contributed by atoms with Gasteiger partial charge in [0.1, 0.15) is 5.75 Å². The number of hydrogen-bond donors (Lipinski definition) is 2. The van der Waals surface area contributed by atoms with E-state index in [4.69, 9.17) is 4.74 Å². The number of rotatable bonds is 6. The molecule has 2 N–H and O–H groups in total. The number of aryl methyl sites for hydroxylation is 1. The molecule has 9 heteroatoms. The lowest BCUT2D eigenvalue weighted by Crippen LogP contribution is -2.43. The SMILES string of the molecule is Cc1cccc(OCC(=O)NNC(=O)c2ccc(S(=O)(=O)N(C)C)cc2)c1. The number of sulfonamides is 1. The molecular formula is C18H21N3O5S. The van der Waals surface area contributed by atoms with Crippen molar-refractivity contribution in [3.8, 4) is 5.75 Å². The number of nitrogens with zero attached hydrogens (tertiary/aromatic N) is 1. The van der Waals surface area contributed by atoms with Gasteiger partial charge in [0, 0.05) is 19.7 Å².